The molecular formula is C19H17N3O5. The molecule has 0 spiro atoms. The topological polar surface area (TPSA) is 101 Å². The van der Waals surface area contributed by atoms with Crippen molar-refractivity contribution >= 4 is 17.9 Å². The number of hydrogen-bond donors (Lipinski definition) is 2. The summed E-state index contributed by atoms with van der Waals surface area (Å²) in [6, 6.07) is 9.22. The quantitative estimate of drug-likeness (QED) is 0.802. The van der Waals surface area contributed by atoms with E-state index in [1.165, 1.54) is 7.11 Å². The third-order valence-corrected chi connectivity index (χ3v) is 4.61. The second-order valence-electron chi connectivity index (χ2n) is 6.28. The summed E-state index contributed by atoms with van der Waals surface area (Å²) in [5, 5.41) is 5.50. The Balaban J connectivity index is 1.61. The largest absolute Gasteiger partial charge is 0.467 e. The van der Waals surface area contributed by atoms with Gasteiger partial charge in [0.2, 0.25) is 0 Å². The number of carbonyl (C=O) groups is 3. The molecule has 3 heterocycles. The van der Waals surface area contributed by atoms with Gasteiger partial charge in [-0.05, 0) is 29.8 Å². The van der Waals surface area contributed by atoms with E-state index in [2.05, 4.69) is 10.6 Å². The minimum Gasteiger partial charge on any atom is -0.467 e. The van der Waals surface area contributed by atoms with Gasteiger partial charge in [-0.25, -0.2) is 9.59 Å². The van der Waals surface area contributed by atoms with Crippen LogP contribution in [0.2, 0.25) is 0 Å². The fourth-order valence-electron chi connectivity index (χ4n) is 3.33. The van der Waals surface area contributed by atoms with Crippen molar-refractivity contribution in [2.75, 3.05) is 13.7 Å². The molecule has 3 amide bonds. The van der Waals surface area contributed by atoms with E-state index in [0.29, 0.717) is 41.2 Å². The van der Waals surface area contributed by atoms with E-state index in [-0.39, 0.29) is 11.9 Å². The monoisotopic (exact) mass is 367 g/mol. The highest BCUT2D eigenvalue weighted by molar-refractivity contribution is 6.01. The number of benzene rings is 1. The first-order chi connectivity index (χ1) is 13.1. The van der Waals surface area contributed by atoms with Gasteiger partial charge in [0.15, 0.2) is 0 Å². The van der Waals surface area contributed by atoms with E-state index in [1.54, 1.807) is 47.6 Å². The maximum absolute atomic E-state index is 12.9. The lowest BCUT2D eigenvalue weighted by Crippen LogP contribution is -2.44. The van der Waals surface area contributed by atoms with Crippen LogP contribution in [0.15, 0.2) is 58.3 Å². The summed E-state index contributed by atoms with van der Waals surface area (Å²) in [5.41, 5.74) is 2.18. The molecule has 138 valence electrons. The van der Waals surface area contributed by atoms with Gasteiger partial charge < -0.3 is 24.7 Å². The number of methoxy groups -OCH3 is 1. The van der Waals surface area contributed by atoms with Crippen molar-refractivity contribution in [1.29, 1.82) is 0 Å². The number of urea groups is 1. The van der Waals surface area contributed by atoms with Crippen molar-refractivity contribution in [3.63, 3.8) is 0 Å². The number of amides is 3. The van der Waals surface area contributed by atoms with Gasteiger partial charge in [-0.2, -0.15) is 0 Å². The lowest BCUT2D eigenvalue weighted by Gasteiger charge is -2.25. The van der Waals surface area contributed by atoms with E-state index >= 15 is 0 Å². The SMILES string of the molecule is COC(=O)c1ccc([C@H]2NC(=O)NC3=C2C(=O)N(Cc2ccco2)C3)cc1. The summed E-state index contributed by atoms with van der Waals surface area (Å²) in [7, 11) is 1.31. The Bertz CT molecular complexity index is 931. The summed E-state index contributed by atoms with van der Waals surface area (Å²) in [4.78, 5) is 38.2. The first-order valence-electron chi connectivity index (χ1n) is 8.37. The second-order valence-corrected chi connectivity index (χ2v) is 6.28. The molecule has 4 rings (SSSR count). The predicted octanol–water partition coefficient (Wildman–Crippen LogP) is 1.72. The molecule has 27 heavy (non-hydrogen) atoms. The summed E-state index contributed by atoms with van der Waals surface area (Å²) in [5.74, 6) is 0.0507. The van der Waals surface area contributed by atoms with Crippen LogP contribution in [0.1, 0.15) is 27.7 Å². The number of furan rings is 1. The maximum atomic E-state index is 12.9. The van der Waals surface area contributed by atoms with Crippen LogP contribution in [0.25, 0.3) is 0 Å². The van der Waals surface area contributed by atoms with E-state index in [9.17, 15) is 14.4 Å². The van der Waals surface area contributed by atoms with Gasteiger partial charge in [-0.3, -0.25) is 4.79 Å². The minimum atomic E-state index is -0.588. The molecule has 0 unspecified atom stereocenters. The van der Waals surface area contributed by atoms with Crippen LogP contribution < -0.4 is 10.6 Å². The number of nitrogens with zero attached hydrogens (tertiary/aromatic N) is 1. The second kappa shape index (κ2) is 6.64. The minimum absolute atomic E-state index is 0.170. The molecule has 8 heteroatoms. The molecule has 2 aromatic rings. The highest BCUT2D eigenvalue weighted by Gasteiger charge is 2.40. The van der Waals surface area contributed by atoms with Crippen LogP contribution in [0.3, 0.4) is 0 Å². The molecule has 0 fully saturated rings. The number of carbonyl (C=O) groups excluding carboxylic acids is 3. The molecule has 0 aliphatic carbocycles. The molecule has 2 aliphatic heterocycles. The summed E-state index contributed by atoms with van der Waals surface area (Å²) < 4.78 is 10.0. The zero-order valence-electron chi connectivity index (χ0n) is 14.5. The van der Waals surface area contributed by atoms with E-state index in [1.807, 2.05) is 0 Å². The summed E-state index contributed by atoms with van der Waals surface area (Å²) in [6.45, 7) is 0.627. The first kappa shape index (κ1) is 16.9. The average Bonchev–Trinajstić information content (AvgIpc) is 3.29. The molecular weight excluding hydrogens is 350 g/mol. The van der Waals surface area contributed by atoms with Gasteiger partial charge in [0, 0.05) is 0 Å². The van der Waals surface area contributed by atoms with Crippen molar-refractivity contribution in [2.45, 2.75) is 12.6 Å². The zero-order valence-corrected chi connectivity index (χ0v) is 14.5. The molecule has 0 bridgehead atoms. The molecule has 2 aliphatic rings. The van der Waals surface area contributed by atoms with Gasteiger partial charge >= 0.3 is 12.0 Å². The van der Waals surface area contributed by atoms with Crippen LogP contribution in [0, 0.1) is 0 Å². The van der Waals surface area contributed by atoms with Gasteiger partial charge in [0.05, 0.1) is 49.3 Å². The van der Waals surface area contributed by atoms with Crippen molar-refractivity contribution in [2.24, 2.45) is 0 Å². The lowest BCUT2D eigenvalue weighted by atomic mass is 9.95. The van der Waals surface area contributed by atoms with Crippen molar-refractivity contribution in [1.82, 2.24) is 15.5 Å². The van der Waals surface area contributed by atoms with E-state index in [4.69, 9.17) is 9.15 Å². The first-order valence-corrected chi connectivity index (χ1v) is 8.37. The van der Waals surface area contributed by atoms with Crippen LogP contribution >= 0.6 is 0 Å². The van der Waals surface area contributed by atoms with Gasteiger partial charge in [0.1, 0.15) is 5.76 Å². The van der Waals surface area contributed by atoms with Crippen molar-refractivity contribution in [3.8, 4) is 0 Å². The van der Waals surface area contributed by atoms with Crippen LogP contribution in [0.4, 0.5) is 4.79 Å². The Labute approximate surface area is 154 Å². The number of ether oxygens (including phenoxy) is 1. The molecule has 0 saturated carbocycles. The standard InChI is InChI=1S/C19H17N3O5/c1-26-18(24)12-6-4-11(5-7-12)16-15-14(20-19(25)21-16)10-22(17(15)23)9-13-3-2-8-27-13/h2-8,16H,9-10H2,1H3,(H2,20,21,25)/t16-/m1/s1. The maximum Gasteiger partial charge on any atom is 0.337 e. The third-order valence-electron chi connectivity index (χ3n) is 4.61. The highest BCUT2D eigenvalue weighted by Crippen LogP contribution is 2.33. The molecule has 1 atom stereocenters. The molecule has 0 saturated heterocycles. The molecule has 8 nitrogen and oxygen atoms in total. The Morgan fingerprint density at radius 2 is 2.04 bits per heavy atom. The number of rotatable bonds is 4. The number of nitrogens with one attached hydrogen (secondary N) is 2. The lowest BCUT2D eigenvalue weighted by molar-refractivity contribution is -0.126. The van der Waals surface area contributed by atoms with Crippen LogP contribution in [-0.2, 0) is 16.1 Å². The Hall–Kier alpha value is -3.55. The van der Waals surface area contributed by atoms with E-state index < -0.39 is 12.0 Å². The zero-order chi connectivity index (χ0) is 19.0. The van der Waals surface area contributed by atoms with Crippen LogP contribution in [0.5, 0.6) is 0 Å². The van der Waals surface area contributed by atoms with Crippen LogP contribution in [-0.4, -0.2) is 36.5 Å². The van der Waals surface area contributed by atoms with E-state index in [0.717, 1.165) is 0 Å². The Morgan fingerprint density at radius 1 is 1.26 bits per heavy atom. The van der Waals surface area contributed by atoms with Gasteiger partial charge in [-0.15, -0.1) is 0 Å². The molecule has 2 N–H and O–H groups in total. The van der Waals surface area contributed by atoms with Crippen molar-refractivity contribution in [3.05, 3.63) is 70.8 Å². The molecule has 1 aromatic heterocycles. The smallest absolute Gasteiger partial charge is 0.337 e. The Morgan fingerprint density at radius 3 is 2.70 bits per heavy atom. The van der Waals surface area contributed by atoms with Gasteiger partial charge in [-0.1, -0.05) is 12.1 Å². The molecule has 1 aromatic carbocycles. The highest BCUT2D eigenvalue weighted by atomic mass is 16.5. The van der Waals surface area contributed by atoms with Gasteiger partial charge in [0.25, 0.3) is 5.91 Å². The predicted molar refractivity (Wildman–Crippen MR) is 93.3 cm³/mol. The third kappa shape index (κ3) is 3.05. The normalized spacial score (nSPS) is 18.9. The average molecular weight is 367 g/mol. The number of esters is 1. The molecule has 0 radical (unpaired) electrons. The fraction of sp³-hybridized carbons (Fsp3) is 0.211. The summed E-state index contributed by atoms with van der Waals surface area (Å²) in [6.07, 6.45) is 1.55. The Kier molecular flexibility index (Phi) is 4.15. The fourth-order valence-corrected chi connectivity index (χ4v) is 3.33. The number of hydrogen-bond acceptors (Lipinski definition) is 5. The van der Waals surface area contributed by atoms with Crippen molar-refractivity contribution < 1.29 is 23.5 Å². The summed E-state index contributed by atoms with van der Waals surface area (Å²) >= 11 is 0.